The van der Waals surface area contributed by atoms with Crippen molar-refractivity contribution < 1.29 is 0 Å². The number of nitrogens with zero attached hydrogens (tertiary/aromatic N) is 2. The van der Waals surface area contributed by atoms with Gasteiger partial charge in [-0.3, -0.25) is 0 Å². The third-order valence-corrected chi connectivity index (χ3v) is 7.57. The van der Waals surface area contributed by atoms with Crippen LogP contribution >= 0.6 is 0 Å². The molecule has 0 saturated heterocycles. The van der Waals surface area contributed by atoms with Crippen LogP contribution in [0.5, 0.6) is 0 Å². The molecule has 0 amide bonds. The minimum Gasteiger partial charge on any atom is -0.356 e. The molecule has 0 radical (unpaired) electrons. The number of hydrogen-bond acceptors (Lipinski definition) is 2. The molecule has 0 fully saturated rings. The SMILES string of the molecule is CCCCCCCCCCCCCCCCCCCN1C=CN(CCCCC)C1CCCC. The molecule has 0 aromatic heterocycles. The molecule has 0 N–H and O–H groups in total. The number of unbranched alkanes of at least 4 members (excludes halogenated alkanes) is 19. The van der Waals surface area contributed by atoms with Gasteiger partial charge in [-0.25, -0.2) is 0 Å². The first kappa shape index (κ1) is 30.4. The van der Waals surface area contributed by atoms with E-state index in [-0.39, 0.29) is 0 Å². The highest BCUT2D eigenvalue weighted by molar-refractivity contribution is 4.96. The largest absolute Gasteiger partial charge is 0.356 e. The summed E-state index contributed by atoms with van der Waals surface area (Å²) in [4.78, 5) is 5.27. The van der Waals surface area contributed by atoms with E-state index in [0.717, 1.165) is 0 Å². The van der Waals surface area contributed by atoms with Crippen molar-refractivity contribution in [2.45, 2.75) is 175 Å². The van der Waals surface area contributed by atoms with E-state index < -0.39 is 0 Å². The zero-order valence-corrected chi connectivity index (χ0v) is 23.3. The van der Waals surface area contributed by atoms with Crippen molar-refractivity contribution in [2.75, 3.05) is 13.1 Å². The Bertz CT molecular complexity index is 419. The quantitative estimate of drug-likeness (QED) is 0.124. The molecule has 196 valence electrons. The fourth-order valence-corrected chi connectivity index (χ4v) is 5.29. The van der Waals surface area contributed by atoms with Gasteiger partial charge in [0.15, 0.2) is 0 Å². The summed E-state index contributed by atoms with van der Waals surface area (Å²) < 4.78 is 0. The highest BCUT2D eigenvalue weighted by Crippen LogP contribution is 2.23. The second kappa shape index (κ2) is 23.1. The van der Waals surface area contributed by atoms with E-state index in [9.17, 15) is 0 Å². The minimum absolute atomic E-state index is 0.642. The Morgan fingerprint density at radius 2 is 0.697 bits per heavy atom. The van der Waals surface area contributed by atoms with Gasteiger partial charge >= 0.3 is 0 Å². The van der Waals surface area contributed by atoms with E-state index in [2.05, 4.69) is 43.0 Å². The molecule has 0 bridgehead atoms. The van der Waals surface area contributed by atoms with Crippen molar-refractivity contribution in [3.05, 3.63) is 12.4 Å². The number of hydrogen-bond donors (Lipinski definition) is 0. The van der Waals surface area contributed by atoms with E-state index in [0.29, 0.717) is 6.17 Å². The van der Waals surface area contributed by atoms with Gasteiger partial charge < -0.3 is 9.80 Å². The van der Waals surface area contributed by atoms with Gasteiger partial charge in [-0.15, -0.1) is 0 Å². The summed E-state index contributed by atoms with van der Waals surface area (Å²) in [5, 5.41) is 0. The van der Waals surface area contributed by atoms with Crippen molar-refractivity contribution in [1.82, 2.24) is 9.80 Å². The predicted octanol–water partition coefficient (Wildman–Crippen LogP) is 10.4. The zero-order valence-electron chi connectivity index (χ0n) is 23.3. The monoisotopic (exact) mass is 462 g/mol. The van der Waals surface area contributed by atoms with Crippen LogP contribution in [0.1, 0.15) is 168 Å². The molecule has 1 heterocycles. The average Bonchev–Trinajstić information content (AvgIpc) is 3.21. The molecule has 1 aliphatic heterocycles. The molecule has 2 heteroatoms. The lowest BCUT2D eigenvalue weighted by Gasteiger charge is -2.33. The highest BCUT2D eigenvalue weighted by atomic mass is 15.4. The van der Waals surface area contributed by atoms with E-state index in [4.69, 9.17) is 0 Å². The topological polar surface area (TPSA) is 6.48 Å². The lowest BCUT2D eigenvalue weighted by atomic mass is 10.0. The van der Waals surface area contributed by atoms with Crippen LogP contribution in [0, 0.1) is 0 Å². The van der Waals surface area contributed by atoms with Crippen LogP contribution in [0.4, 0.5) is 0 Å². The van der Waals surface area contributed by atoms with Crippen LogP contribution in [0.15, 0.2) is 12.4 Å². The second-order valence-corrected chi connectivity index (χ2v) is 10.8. The Balaban J connectivity index is 1.92. The molecule has 0 spiro atoms. The van der Waals surface area contributed by atoms with E-state index in [1.165, 1.54) is 161 Å². The van der Waals surface area contributed by atoms with Gasteiger partial charge in [-0.05, 0) is 25.7 Å². The average molecular weight is 463 g/mol. The summed E-state index contributed by atoms with van der Waals surface area (Å²) >= 11 is 0. The molecule has 0 aromatic rings. The molecule has 0 saturated carbocycles. The van der Waals surface area contributed by atoms with Gasteiger partial charge in [-0.1, -0.05) is 143 Å². The summed E-state index contributed by atoms with van der Waals surface area (Å²) in [6, 6.07) is 0. The maximum atomic E-state index is 2.65. The highest BCUT2D eigenvalue weighted by Gasteiger charge is 2.24. The summed E-state index contributed by atoms with van der Waals surface area (Å²) in [6.45, 7) is 9.43. The molecule has 1 atom stereocenters. The minimum atomic E-state index is 0.642. The first-order valence-corrected chi connectivity index (χ1v) is 15.5. The van der Waals surface area contributed by atoms with Crippen LogP contribution in [0.3, 0.4) is 0 Å². The Hall–Kier alpha value is -0.660. The predicted molar refractivity (Wildman–Crippen MR) is 150 cm³/mol. The fraction of sp³-hybridized carbons (Fsp3) is 0.935. The van der Waals surface area contributed by atoms with Crippen LogP contribution in [-0.4, -0.2) is 29.1 Å². The van der Waals surface area contributed by atoms with Crippen LogP contribution < -0.4 is 0 Å². The van der Waals surface area contributed by atoms with Crippen molar-refractivity contribution >= 4 is 0 Å². The molecule has 1 aliphatic rings. The Morgan fingerprint density at radius 3 is 1.09 bits per heavy atom. The summed E-state index contributed by atoms with van der Waals surface area (Å²) in [5.74, 6) is 0. The standard InChI is InChI=1S/C31H62N2/c1-4-7-10-11-12-13-14-15-16-17-18-19-20-21-22-23-25-28-33-30-29-32(27-24-8-5-2)31(33)26-9-6-3/h29-31H,4-28H2,1-3H3. The first-order chi connectivity index (χ1) is 16.3. The van der Waals surface area contributed by atoms with Gasteiger partial charge in [0.05, 0.1) is 0 Å². The fourth-order valence-electron chi connectivity index (χ4n) is 5.29. The zero-order chi connectivity index (χ0) is 23.8. The lowest BCUT2D eigenvalue weighted by molar-refractivity contribution is 0.136. The summed E-state index contributed by atoms with van der Waals surface area (Å²) in [5.41, 5.74) is 0. The first-order valence-electron chi connectivity index (χ1n) is 15.5. The van der Waals surface area contributed by atoms with Gasteiger partial charge in [0.25, 0.3) is 0 Å². The smallest absolute Gasteiger partial charge is 0.101 e. The van der Waals surface area contributed by atoms with Gasteiger partial charge in [0, 0.05) is 25.5 Å². The van der Waals surface area contributed by atoms with Crippen molar-refractivity contribution in [2.24, 2.45) is 0 Å². The van der Waals surface area contributed by atoms with Gasteiger partial charge in [0.1, 0.15) is 6.17 Å². The van der Waals surface area contributed by atoms with E-state index >= 15 is 0 Å². The Morgan fingerprint density at radius 1 is 0.394 bits per heavy atom. The van der Waals surface area contributed by atoms with Crippen LogP contribution in [-0.2, 0) is 0 Å². The Kier molecular flexibility index (Phi) is 21.3. The van der Waals surface area contributed by atoms with Crippen LogP contribution in [0.25, 0.3) is 0 Å². The molecular weight excluding hydrogens is 400 g/mol. The summed E-state index contributed by atoms with van der Waals surface area (Å²) in [6.07, 6.45) is 38.1. The Labute approximate surface area is 210 Å². The third-order valence-electron chi connectivity index (χ3n) is 7.57. The third kappa shape index (κ3) is 16.6. The molecule has 1 rings (SSSR count). The van der Waals surface area contributed by atoms with Gasteiger partial charge in [-0.2, -0.15) is 0 Å². The van der Waals surface area contributed by atoms with E-state index in [1.807, 2.05) is 0 Å². The molecule has 33 heavy (non-hydrogen) atoms. The van der Waals surface area contributed by atoms with E-state index in [1.54, 1.807) is 0 Å². The maximum absolute atomic E-state index is 2.65. The molecule has 2 nitrogen and oxygen atoms in total. The second-order valence-electron chi connectivity index (χ2n) is 10.8. The maximum Gasteiger partial charge on any atom is 0.101 e. The van der Waals surface area contributed by atoms with Crippen LogP contribution in [0.2, 0.25) is 0 Å². The lowest BCUT2D eigenvalue weighted by Crippen LogP contribution is -2.39. The van der Waals surface area contributed by atoms with Crippen molar-refractivity contribution in [1.29, 1.82) is 0 Å². The molecule has 0 aromatic carbocycles. The molecule has 0 aliphatic carbocycles. The summed E-state index contributed by atoms with van der Waals surface area (Å²) in [7, 11) is 0. The van der Waals surface area contributed by atoms with Crippen molar-refractivity contribution in [3.8, 4) is 0 Å². The normalized spacial score (nSPS) is 15.8. The number of rotatable bonds is 25. The van der Waals surface area contributed by atoms with Crippen molar-refractivity contribution in [3.63, 3.8) is 0 Å². The molecular formula is C31H62N2. The van der Waals surface area contributed by atoms with Gasteiger partial charge in [0.2, 0.25) is 0 Å². The molecule has 1 unspecified atom stereocenters.